The summed E-state index contributed by atoms with van der Waals surface area (Å²) in [6, 6.07) is 7.70. The van der Waals surface area contributed by atoms with Crippen molar-refractivity contribution in [2.24, 2.45) is 10.9 Å². The molecular formula is C20H27NO. The number of Topliss-reactive ketones (excluding diaryl/α,β-unsaturated/α-hetero) is 1. The van der Waals surface area contributed by atoms with Gasteiger partial charge in [-0.25, -0.2) is 0 Å². The number of unbranched alkanes of at least 4 members (excludes halogenated alkanes) is 4. The molecule has 1 atom stereocenters. The predicted octanol–water partition coefficient (Wildman–Crippen LogP) is 5.90. The first-order chi connectivity index (χ1) is 10.8. The van der Waals surface area contributed by atoms with Gasteiger partial charge in [-0.15, -0.1) is 0 Å². The van der Waals surface area contributed by atoms with Crippen LogP contribution >= 0.6 is 0 Å². The van der Waals surface area contributed by atoms with Gasteiger partial charge in [0.15, 0.2) is 5.78 Å². The van der Waals surface area contributed by atoms with Crippen molar-refractivity contribution in [3.05, 3.63) is 42.0 Å². The predicted molar refractivity (Wildman–Crippen MR) is 94.2 cm³/mol. The molecule has 1 aromatic rings. The van der Waals surface area contributed by atoms with E-state index >= 15 is 0 Å². The summed E-state index contributed by atoms with van der Waals surface area (Å²) in [5.74, 6) is 0.194. The van der Waals surface area contributed by atoms with Crippen LogP contribution in [0.2, 0.25) is 0 Å². The summed E-state index contributed by atoms with van der Waals surface area (Å²) in [7, 11) is 0. The fourth-order valence-corrected chi connectivity index (χ4v) is 2.97. The number of hydrogen-bond acceptors (Lipinski definition) is 2. The van der Waals surface area contributed by atoms with E-state index in [1.165, 1.54) is 25.7 Å². The second-order valence-corrected chi connectivity index (χ2v) is 5.97. The van der Waals surface area contributed by atoms with E-state index in [0.717, 1.165) is 36.2 Å². The number of benzene rings is 1. The summed E-state index contributed by atoms with van der Waals surface area (Å²) in [6.07, 6.45) is 12.4. The van der Waals surface area contributed by atoms with Crippen molar-refractivity contribution < 1.29 is 4.79 Å². The van der Waals surface area contributed by atoms with Crippen LogP contribution in [0.25, 0.3) is 0 Å². The third kappa shape index (κ3) is 4.16. The quantitative estimate of drug-likeness (QED) is 0.434. The average molecular weight is 297 g/mol. The van der Waals surface area contributed by atoms with Gasteiger partial charge in [0.1, 0.15) is 0 Å². The molecule has 2 heteroatoms. The van der Waals surface area contributed by atoms with Gasteiger partial charge in [-0.2, -0.15) is 0 Å². The van der Waals surface area contributed by atoms with Crippen LogP contribution in [0.15, 0.2) is 41.4 Å². The van der Waals surface area contributed by atoms with E-state index in [9.17, 15) is 4.79 Å². The smallest absolute Gasteiger partial charge is 0.173 e. The summed E-state index contributed by atoms with van der Waals surface area (Å²) < 4.78 is 0. The molecule has 0 N–H and O–H groups in total. The fourth-order valence-electron chi connectivity index (χ4n) is 2.97. The molecule has 0 fully saturated rings. The monoisotopic (exact) mass is 297 g/mol. The van der Waals surface area contributed by atoms with Crippen LogP contribution in [0.1, 0.15) is 69.2 Å². The van der Waals surface area contributed by atoms with Gasteiger partial charge in [0.25, 0.3) is 0 Å². The molecule has 0 saturated carbocycles. The van der Waals surface area contributed by atoms with Crippen LogP contribution in [0.5, 0.6) is 0 Å². The molecular weight excluding hydrogens is 270 g/mol. The van der Waals surface area contributed by atoms with Gasteiger partial charge in [-0.05, 0) is 31.4 Å². The van der Waals surface area contributed by atoms with Crippen LogP contribution < -0.4 is 0 Å². The largest absolute Gasteiger partial charge is 0.293 e. The van der Waals surface area contributed by atoms with E-state index in [1.807, 2.05) is 24.3 Å². The number of allylic oxidation sites excluding steroid dienone is 2. The lowest BCUT2D eigenvalue weighted by atomic mass is 9.86. The lowest BCUT2D eigenvalue weighted by Gasteiger charge is -2.22. The van der Waals surface area contributed by atoms with E-state index < -0.39 is 0 Å². The molecule has 118 valence electrons. The number of aliphatic imine (C=N–C) groups is 1. The molecule has 1 aromatic carbocycles. The van der Waals surface area contributed by atoms with Crippen molar-refractivity contribution in [1.82, 2.24) is 0 Å². The zero-order valence-corrected chi connectivity index (χ0v) is 13.8. The molecule has 0 aromatic heterocycles. The highest BCUT2D eigenvalue weighted by Gasteiger charge is 2.28. The lowest BCUT2D eigenvalue weighted by molar-refractivity contribution is 0.0950. The number of ketones is 1. The Labute approximate surface area is 134 Å². The van der Waals surface area contributed by atoms with Crippen molar-refractivity contribution in [2.45, 2.75) is 58.8 Å². The maximum atomic E-state index is 12.6. The summed E-state index contributed by atoms with van der Waals surface area (Å²) >= 11 is 0. The number of fused-ring (bicyclic) bond motifs is 1. The minimum absolute atomic E-state index is 0.0420. The van der Waals surface area contributed by atoms with Crippen molar-refractivity contribution in [3.63, 3.8) is 0 Å². The van der Waals surface area contributed by atoms with Gasteiger partial charge in [0, 0.05) is 17.7 Å². The van der Waals surface area contributed by atoms with E-state index in [2.05, 4.69) is 26.0 Å². The SMILES string of the molecule is CCCCCC/C=C/CC1=Nc2ccccc2C(=O)C1CC. The van der Waals surface area contributed by atoms with Crippen molar-refractivity contribution in [1.29, 1.82) is 0 Å². The van der Waals surface area contributed by atoms with E-state index in [1.54, 1.807) is 0 Å². The molecule has 1 aliphatic heterocycles. The summed E-state index contributed by atoms with van der Waals surface area (Å²) in [5.41, 5.74) is 2.64. The second-order valence-electron chi connectivity index (χ2n) is 5.97. The molecule has 0 spiro atoms. The number of nitrogens with zero attached hydrogens (tertiary/aromatic N) is 1. The molecule has 1 unspecified atom stereocenters. The molecule has 0 radical (unpaired) electrons. The standard InChI is InChI=1S/C20H27NO/c1-3-5-6-7-8-9-10-14-18-16(4-2)20(22)17-13-11-12-15-19(17)21-18/h9-13,15-16H,3-8,14H2,1-2H3/b10-9+. The zero-order valence-electron chi connectivity index (χ0n) is 13.8. The molecule has 0 saturated heterocycles. The number of carbonyl (C=O) groups is 1. The Morgan fingerprint density at radius 3 is 2.68 bits per heavy atom. The molecule has 0 aliphatic carbocycles. The Morgan fingerprint density at radius 2 is 1.91 bits per heavy atom. The molecule has 0 amide bonds. The summed E-state index contributed by atoms with van der Waals surface area (Å²) in [6.45, 7) is 4.30. The number of carbonyl (C=O) groups excluding carboxylic acids is 1. The summed E-state index contributed by atoms with van der Waals surface area (Å²) in [5, 5.41) is 0. The van der Waals surface area contributed by atoms with Crippen LogP contribution in [0, 0.1) is 5.92 Å². The molecule has 22 heavy (non-hydrogen) atoms. The Balaban J connectivity index is 1.98. The van der Waals surface area contributed by atoms with Crippen LogP contribution in [0.3, 0.4) is 0 Å². The first kappa shape index (κ1) is 16.7. The highest BCUT2D eigenvalue weighted by Crippen LogP contribution is 2.30. The first-order valence-corrected chi connectivity index (χ1v) is 8.63. The van der Waals surface area contributed by atoms with Crippen LogP contribution in [-0.4, -0.2) is 11.5 Å². The van der Waals surface area contributed by atoms with E-state index in [4.69, 9.17) is 4.99 Å². The van der Waals surface area contributed by atoms with Gasteiger partial charge in [-0.1, -0.05) is 57.4 Å². The Bertz CT molecular complexity index is 557. The lowest BCUT2D eigenvalue weighted by Crippen LogP contribution is -2.26. The number of para-hydroxylation sites is 1. The van der Waals surface area contributed by atoms with Crippen LogP contribution in [0.4, 0.5) is 5.69 Å². The van der Waals surface area contributed by atoms with Gasteiger partial charge in [0.2, 0.25) is 0 Å². The number of hydrogen-bond donors (Lipinski definition) is 0. The van der Waals surface area contributed by atoms with E-state index in [-0.39, 0.29) is 11.7 Å². The third-order valence-electron chi connectivity index (χ3n) is 4.28. The maximum Gasteiger partial charge on any atom is 0.173 e. The topological polar surface area (TPSA) is 29.4 Å². The third-order valence-corrected chi connectivity index (χ3v) is 4.28. The number of rotatable bonds is 8. The molecule has 2 rings (SSSR count). The highest BCUT2D eigenvalue weighted by atomic mass is 16.1. The van der Waals surface area contributed by atoms with Crippen LogP contribution in [-0.2, 0) is 0 Å². The minimum Gasteiger partial charge on any atom is -0.293 e. The van der Waals surface area contributed by atoms with Gasteiger partial charge in [0.05, 0.1) is 11.6 Å². The summed E-state index contributed by atoms with van der Waals surface area (Å²) in [4.78, 5) is 17.3. The second kappa shape index (κ2) is 8.67. The fraction of sp³-hybridized carbons (Fsp3) is 0.500. The molecule has 2 nitrogen and oxygen atoms in total. The Kier molecular flexibility index (Phi) is 6.57. The van der Waals surface area contributed by atoms with Gasteiger partial charge in [-0.3, -0.25) is 9.79 Å². The van der Waals surface area contributed by atoms with Crippen molar-refractivity contribution in [3.8, 4) is 0 Å². The molecule has 1 aliphatic rings. The van der Waals surface area contributed by atoms with Crippen molar-refractivity contribution >= 4 is 17.2 Å². The van der Waals surface area contributed by atoms with Gasteiger partial charge < -0.3 is 0 Å². The minimum atomic E-state index is -0.0420. The van der Waals surface area contributed by atoms with E-state index in [0.29, 0.717) is 0 Å². The Morgan fingerprint density at radius 1 is 1.09 bits per heavy atom. The zero-order chi connectivity index (χ0) is 15.8. The molecule has 0 bridgehead atoms. The Hall–Kier alpha value is -1.70. The van der Waals surface area contributed by atoms with Gasteiger partial charge >= 0.3 is 0 Å². The highest BCUT2D eigenvalue weighted by molar-refractivity contribution is 6.18. The first-order valence-electron chi connectivity index (χ1n) is 8.63. The normalized spacial score (nSPS) is 17.6. The molecule has 1 heterocycles. The average Bonchev–Trinajstić information content (AvgIpc) is 2.54. The van der Waals surface area contributed by atoms with Crippen molar-refractivity contribution in [2.75, 3.05) is 0 Å². The maximum absolute atomic E-state index is 12.6.